The van der Waals surface area contributed by atoms with Gasteiger partial charge in [0.15, 0.2) is 0 Å². The molecular formula is C15H34N4. The Balaban J connectivity index is 1.76. The molecule has 0 aromatic heterocycles. The van der Waals surface area contributed by atoms with Gasteiger partial charge >= 0.3 is 0 Å². The van der Waals surface area contributed by atoms with Gasteiger partial charge in [-0.2, -0.15) is 0 Å². The predicted molar refractivity (Wildman–Crippen MR) is 83.7 cm³/mol. The second-order valence-electron chi connectivity index (χ2n) is 5.79. The zero-order valence-electron chi connectivity index (χ0n) is 12.9. The van der Waals surface area contributed by atoms with Gasteiger partial charge in [0.25, 0.3) is 0 Å². The van der Waals surface area contributed by atoms with E-state index in [1.165, 1.54) is 58.3 Å². The van der Waals surface area contributed by atoms with Gasteiger partial charge in [-0.25, -0.2) is 0 Å². The molecule has 1 saturated carbocycles. The molecule has 0 aromatic carbocycles. The van der Waals surface area contributed by atoms with E-state index >= 15 is 0 Å². The van der Waals surface area contributed by atoms with Gasteiger partial charge in [0.1, 0.15) is 0 Å². The first-order valence-corrected chi connectivity index (χ1v) is 8.09. The average molecular weight is 270 g/mol. The molecule has 2 unspecified atom stereocenters. The van der Waals surface area contributed by atoms with Crippen molar-refractivity contribution in [3.63, 3.8) is 0 Å². The largest absolute Gasteiger partial charge is 0.320 e. The fourth-order valence-electron chi connectivity index (χ4n) is 2.49. The third-order valence-electron chi connectivity index (χ3n) is 3.94. The summed E-state index contributed by atoms with van der Waals surface area (Å²) in [5.41, 5.74) is 0. The minimum atomic E-state index is 0.939. The van der Waals surface area contributed by atoms with Crippen LogP contribution in [0.5, 0.6) is 0 Å². The summed E-state index contributed by atoms with van der Waals surface area (Å²) in [6, 6.07) is 0. The lowest BCUT2D eigenvalue weighted by Crippen LogP contribution is -2.23. The molecule has 2 atom stereocenters. The molecule has 0 bridgehead atoms. The first-order valence-electron chi connectivity index (χ1n) is 8.09. The third-order valence-corrected chi connectivity index (χ3v) is 3.94. The molecular weight excluding hydrogens is 236 g/mol. The normalized spacial score (nSPS) is 21.8. The smallest absolute Gasteiger partial charge is 0.00173 e. The summed E-state index contributed by atoms with van der Waals surface area (Å²) in [6.45, 7) is 7.11. The molecule has 1 aliphatic carbocycles. The van der Waals surface area contributed by atoms with E-state index in [1.807, 2.05) is 14.1 Å². The lowest BCUT2D eigenvalue weighted by Gasteiger charge is -2.06. The summed E-state index contributed by atoms with van der Waals surface area (Å²) in [5, 5.41) is 13.6. The Hall–Kier alpha value is -0.160. The Morgan fingerprint density at radius 2 is 1.11 bits per heavy atom. The molecule has 1 rings (SSSR count). The maximum absolute atomic E-state index is 3.59. The third kappa shape index (κ3) is 9.38. The number of rotatable bonds is 14. The molecule has 4 heteroatoms. The van der Waals surface area contributed by atoms with Gasteiger partial charge < -0.3 is 21.3 Å². The summed E-state index contributed by atoms with van der Waals surface area (Å²) in [7, 11) is 4.04. The zero-order valence-corrected chi connectivity index (χ0v) is 12.9. The molecule has 0 amide bonds. The maximum atomic E-state index is 3.59. The van der Waals surface area contributed by atoms with Crippen molar-refractivity contribution in [3.8, 4) is 0 Å². The standard InChI is InChI=1S/C15H34N4/c1-16-7-3-5-9-18-12-14-11-15(14)13-19-10-6-4-8-17-2/h14-19H,3-13H2,1-2H3. The van der Waals surface area contributed by atoms with Crippen LogP contribution in [0.25, 0.3) is 0 Å². The van der Waals surface area contributed by atoms with Crippen molar-refractivity contribution in [1.29, 1.82) is 0 Å². The van der Waals surface area contributed by atoms with Crippen molar-refractivity contribution in [3.05, 3.63) is 0 Å². The van der Waals surface area contributed by atoms with Crippen LogP contribution in [0.2, 0.25) is 0 Å². The van der Waals surface area contributed by atoms with E-state index in [2.05, 4.69) is 21.3 Å². The molecule has 4 nitrogen and oxygen atoms in total. The fourth-order valence-corrected chi connectivity index (χ4v) is 2.49. The van der Waals surface area contributed by atoms with E-state index in [0.717, 1.165) is 24.9 Å². The Labute approximate surface area is 119 Å². The van der Waals surface area contributed by atoms with Gasteiger partial charge in [-0.1, -0.05) is 0 Å². The van der Waals surface area contributed by atoms with Crippen LogP contribution >= 0.6 is 0 Å². The van der Waals surface area contributed by atoms with Crippen LogP contribution in [0.3, 0.4) is 0 Å². The van der Waals surface area contributed by atoms with Gasteiger partial charge in [-0.3, -0.25) is 0 Å². The van der Waals surface area contributed by atoms with Gasteiger partial charge in [-0.15, -0.1) is 0 Å². The molecule has 114 valence electrons. The highest BCUT2D eigenvalue weighted by Gasteiger charge is 2.35. The monoisotopic (exact) mass is 270 g/mol. The summed E-state index contributed by atoms with van der Waals surface area (Å²) < 4.78 is 0. The molecule has 0 saturated heterocycles. The van der Waals surface area contributed by atoms with Gasteiger partial charge in [0, 0.05) is 0 Å². The van der Waals surface area contributed by atoms with Crippen molar-refractivity contribution in [1.82, 2.24) is 21.3 Å². The van der Waals surface area contributed by atoms with Crippen molar-refractivity contribution < 1.29 is 0 Å². The number of unbranched alkanes of at least 4 members (excludes halogenated alkanes) is 2. The molecule has 0 spiro atoms. The zero-order chi connectivity index (χ0) is 13.8. The SMILES string of the molecule is CNCCCCNCC1CC1CNCCCCNC. The van der Waals surface area contributed by atoms with E-state index in [4.69, 9.17) is 0 Å². The van der Waals surface area contributed by atoms with E-state index in [1.54, 1.807) is 0 Å². The summed E-state index contributed by atoms with van der Waals surface area (Å²) in [4.78, 5) is 0. The van der Waals surface area contributed by atoms with E-state index in [9.17, 15) is 0 Å². The first-order chi connectivity index (χ1) is 9.38. The van der Waals surface area contributed by atoms with Crippen LogP contribution in [-0.2, 0) is 0 Å². The summed E-state index contributed by atoms with van der Waals surface area (Å²) >= 11 is 0. The fraction of sp³-hybridized carbons (Fsp3) is 1.00. The molecule has 1 aliphatic rings. The Kier molecular flexibility index (Phi) is 10.4. The minimum absolute atomic E-state index is 0.939. The van der Waals surface area contributed by atoms with Crippen LogP contribution in [0.1, 0.15) is 32.1 Å². The van der Waals surface area contributed by atoms with E-state index < -0.39 is 0 Å². The van der Waals surface area contributed by atoms with Crippen molar-refractivity contribution in [2.45, 2.75) is 32.1 Å². The maximum Gasteiger partial charge on any atom is -0.00173 e. The van der Waals surface area contributed by atoms with E-state index in [-0.39, 0.29) is 0 Å². The van der Waals surface area contributed by atoms with Crippen LogP contribution in [-0.4, -0.2) is 53.4 Å². The molecule has 1 fully saturated rings. The molecule has 0 radical (unpaired) electrons. The molecule has 19 heavy (non-hydrogen) atoms. The van der Waals surface area contributed by atoms with Crippen LogP contribution in [0.15, 0.2) is 0 Å². The lowest BCUT2D eigenvalue weighted by molar-refractivity contribution is 0.535. The minimum Gasteiger partial charge on any atom is -0.320 e. The predicted octanol–water partition coefficient (Wildman–Crippen LogP) is 0.801. The molecule has 0 heterocycles. The average Bonchev–Trinajstić information content (AvgIpc) is 3.16. The summed E-state index contributed by atoms with van der Waals surface area (Å²) in [6.07, 6.45) is 6.58. The van der Waals surface area contributed by atoms with Crippen molar-refractivity contribution in [2.75, 3.05) is 53.4 Å². The van der Waals surface area contributed by atoms with Gasteiger partial charge in [-0.05, 0) is 97.3 Å². The lowest BCUT2D eigenvalue weighted by atomic mass is 10.2. The highest BCUT2D eigenvalue weighted by molar-refractivity contribution is 4.89. The van der Waals surface area contributed by atoms with Crippen molar-refractivity contribution in [2.24, 2.45) is 11.8 Å². The first kappa shape index (κ1) is 16.9. The van der Waals surface area contributed by atoms with Gasteiger partial charge in [0.05, 0.1) is 0 Å². The highest BCUT2D eigenvalue weighted by Crippen LogP contribution is 2.36. The van der Waals surface area contributed by atoms with Crippen LogP contribution < -0.4 is 21.3 Å². The van der Waals surface area contributed by atoms with Gasteiger partial charge in [0.2, 0.25) is 0 Å². The molecule has 4 N–H and O–H groups in total. The number of nitrogens with one attached hydrogen (secondary N) is 4. The number of hydrogen-bond acceptors (Lipinski definition) is 4. The van der Waals surface area contributed by atoms with Crippen LogP contribution in [0.4, 0.5) is 0 Å². The molecule has 0 aliphatic heterocycles. The Morgan fingerprint density at radius 1 is 0.684 bits per heavy atom. The van der Waals surface area contributed by atoms with E-state index in [0.29, 0.717) is 0 Å². The highest BCUT2D eigenvalue weighted by atomic mass is 14.9. The van der Waals surface area contributed by atoms with Crippen LogP contribution in [0, 0.1) is 11.8 Å². The van der Waals surface area contributed by atoms with Crippen molar-refractivity contribution >= 4 is 0 Å². The summed E-state index contributed by atoms with van der Waals surface area (Å²) in [5.74, 6) is 1.88. The molecule has 0 aromatic rings. The quantitative estimate of drug-likeness (QED) is 0.353. The second-order valence-corrected chi connectivity index (χ2v) is 5.79. The Bertz CT molecular complexity index is 179. The number of hydrogen-bond donors (Lipinski definition) is 4. The Morgan fingerprint density at radius 3 is 1.53 bits per heavy atom. The second kappa shape index (κ2) is 11.6. The topological polar surface area (TPSA) is 48.1 Å².